The Bertz CT molecular complexity index is 1780. The highest BCUT2D eigenvalue weighted by Crippen LogP contribution is 2.52. The standard InChI is InChI=1S/C46H53N/c1-7-9-10-11-12-13-30-46(6)44-31-34(4)16-28-42(44)43-29-21-38(32-45(43)46)37-19-26-41(27-20-37)47(39-22-14-33(3)15-23-39)40-24-17-36(18-25-40)35(5)8-2/h14-29,31-32,35H,7-13,30H2,1-6H3. The van der Waals surface area contributed by atoms with Gasteiger partial charge in [-0.2, -0.15) is 0 Å². The van der Waals surface area contributed by atoms with Crippen LogP contribution in [0.4, 0.5) is 17.1 Å². The van der Waals surface area contributed by atoms with Crippen LogP contribution in [0.1, 0.15) is 113 Å². The van der Waals surface area contributed by atoms with Gasteiger partial charge in [0, 0.05) is 22.5 Å². The van der Waals surface area contributed by atoms with E-state index in [0.29, 0.717) is 5.92 Å². The molecule has 0 aromatic heterocycles. The molecule has 0 saturated carbocycles. The van der Waals surface area contributed by atoms with Gasteiger partial charge < -0.3 is 4.90 Å². The van der Waals surface area contributed by atoms with Gasteiger partial charge in [0.25, 0.3) is 0 Å². The van der Waals surface area contributed by atoms with Gasteiger partial charge in [-0.05, 0) is 114 Å². The maximum absolute atomic E-state index is 2.50. The molecule has 0 heterocycles. The van der Waals surface area contributed by atoms with Crippen molar-refractivity contribution in [2.75, 3.05) is 4.90 Å². The van der Waals surface area contributed by atoms with Crippen LogP contribution in [0.15, 0.2) is 109 Å². The minimum absolute atomic E-state index is 0.0427. The zero-order chi connectivity index (χ0) is 33.0. The van der Waals surface area contributed by atoms with E-state index in [1.807, 2.05) is 0 Å². The Kier molecular flexibility index (Phi) is 10.0. The van der Waals surface area contributed by atoms with Gasteiger partial charge >= 0.3 is 0 Å². The summed E-state index contributed by atoms with van der Waals surface area (Å²) in [6, 6.07) is 41.5. The second-order valence-corrected chi connectivity index (χ2v) is 14.3. The largest absolute Gasteiger partial charge is 0.311 e. The SMILES string of the molecule is CCCCCCCCC1(C)c2cc(C)ccc2-c2ccc(-c3ccc(N(c4ccc(C)cc4)c4ccc(C(C)CC)cc4)cc3)cc21. The zero-order valence-electron chi connectivity index (χ0n) is 29.6. The fourth-order valence-electron chi connectivity index (χ4n) is 7.57. The van der Waals surface area contributed by atoms with E-state index in [1.165, 1.54) is 112 Å². The Morgan fingerprint density at radius 3 is 1.70 bits per heavy atom. The van der Waals surface area contributed by atoms with Crippen molar-refractivity contribution in [1.29, 1.82) is 0 Å². The van der Waals surface area contributed by atoms with E-state index in [2.05, 4.69) is 156 Å². The lowest BCUT2D eigenvalue weighted by atomic mass is 9.75. The lowest BCUT2D eigenvalue weighted by molar-refractivity contribution is 0.480. The van der Waals surface area contributed by atoms with Crippen LogP contribution in [0.5, 0.6) is 0 Å². The normalized spacial score (nSPS) is 15.7. The van der Waals surface area contributed by atoms with E-state index in [9.17, 15) is 0 Å². The molecule has 0 fully saturated rings. The van der Waals surface area contributed by atoms with Crippen LogP contribution in [0.2, 0.25) is 0 Å². The van der Waals surface area contributed by atoms with Crippen molar-refractivity contribution in [3.63, 3.8) is 0 Å². The molecule has 2 atom stereocenters. The Labute approximate surface area is 284 Å². The van der Waals surface area contributed by atoms with Crippen molar-refractivity contribution in [2.24, 2.45) is 0 Å². The minimum Gasteiger partial charge on any atom is -0.311 e. The molecule has 242 valence electrons. The molecular weight excluding hydrogens is 567 g/mol. The molecule has 1 nitrogen and oxygen atoms in total. The lowest BCUT2D eigenvalue weighted by Gasteiger charge is -2.28. The quantitative estimate of drug-likeness (QED) is 0.119. The smallest absolute Gasteiger partial charge is 0.0462 e. The third-order valence-corrected chi connectivity index (χ3v) is 10.8. The zero-order valence-corrected chi connectivity index (χ0v) is 29.6. The number of anilines is 3. The summed E-state index contributed by atoms with van der Waals surface area (Å²) in [6.07, 6.45) is 10.3. The number of rotatable bonds is 13. The highest BCUT2D eigenvalue weighted by atomic mass is 15.1. The summed E-state index contributed by atoms with van der Waals surface area (Å²) < 4.78 is 0. The topological polar surface area (TPSA) is 3.24 Å². The van der Waals surface area contributed by atoms with Crippen molar-refractivity contribution in [1.82, 2.24) is 0 Å². The average Bonchev–Trinajstić information content (AvgIpc) is 3.34. The molecule has 1 aliphatic rings. The molecule has 47 heavy (non-hydrogen) atoms. The van der Waals surface area contributed by atoms with E-state index in [-0.39, 0.29) is 5.41 Å². The van der Waals surface area contributed by atoms with Crippen molar-refractivity contribution >= 4 is 17.1 Å². The number of nitrogens with zero attached hydrogens (tertiary/aromatic N) is 1. The number of benzene rings is 5. The second-order valence-electron chi connectivity index (χ2n) is 14.3. The molecule has 0 aliphatic heterocycles. The summed E-state index contributed by atoms with van der Waals surface area (Å²) in [5.74, 6) is 0.563. The molecular formula is C46H53N. The Balaban J connectivity index is 1.32. The molecule has 0 saturated heterocycles. The molecule has 0 bridgehead atoms. The molecule has 2 unspecified atom stereocenters. The maximum atomic E-state index is 2.50. The van der Waals surface area contributed by atoms with E-state index < -0.39 is 0 Å². The van der Waals surface area contributed by atoms with Gasteiger partial charge in [-0.15, -0.1) is 0 Å². The van der Waals surface area contributed by atoms with E-state index in [4.69, 9.17) is 0 Å². The highest BCUT2D eigenvalue weighted by Gasteiger charge is 2.39. The summed E-state index contributed by atoms with van der Waals surface area (Å²) >= 11 is 0. The summed E-state index contributed by atoms with van der Waals surface area (Å²) in [5.41, 5.74) is 16.0. The highest BCUT2D eigenvalue weighted by molar-refractivity contribution is 5.85. The van der Waals surface area contributed by atoms with Crippen molar-refractivity contribution < 1.29 is 0 Å². The average molecular weight is 620 g/mol. The fraction of sp³-hybridized carbons (Fsp3) is 0.348. The van der Waals surface area contributed by atoms with Crippen LogP contribution in [0.25, 0.3) is 22.3 Å². The first-order chi connectivity index (χ1) is 22.8. The molecule has 1 aliphatic carbocycles. The van der Waals surface area contributed by atoms with E-state index in [0.717, 1.165) is 6.42 Å². The van der Waals surface area contributed by atoms with Crippen LogP contribution in [0, 0.1) is 13.8 Å². The van der Waals surface area contributed by atoms with Gasteiger partial charge in [0.05, 0.1) is 0 Å². The summed E-state index contributed by atoms with van der Waals surface area (Å²) in [5, 5.41) is 0. The van der Waals surface area contributed by atoms with Gasteiger partial charge in [-0.1, -0.05) is 144 Å². The van der Waals surface area contributed by atoms with Crippen LogP contribution < -0.4 is 4.90 Å². The Morgan fingerprint density at radius 2 is 1.06 bits per heavy atom. The molecule has 0 spiro atoms. The molecule has 5 aromatic rings. The number of unbranched alkanes of at least 4 members (excludes halogenated alkanes) is 5. The van der Waals surface area contributed by atoms with Gasteiger partial charge in [-0.25, -0.2) is 0 Å². The van der Waals surface area contributed by atoms with Crippen LogP contribution in [-0.2, 0) is 5.41 Å². The van der Waals surface area contributed by atoms with Crippen LogP contribution in [-0.4, -0.2) is 0 Å². The van der Waals surface area contributed by atoms with Crippen LogP contribution >= 0.6 is 0 Å². The van der Waals surface area contributed by atoms with Gasteiger partial charge in [0.2, 0.25) is 0 Å². The summed E-state index contributed by atoms with van der Waals surface area (Å²) in [7, 11) is 0. The summed E-state index contributed by atoms with van der Waals surface area (Å²) in [6.45, 7) is 13.8. The monoisotopic (exact) mass is 619 g/mol. The van der Waals surface area contributed by atoms with Gasteiger partial charge in [0.1, 0.15) is 0 Å². The third kappa shape index (κ3) is 6.82. The first-order valence-corrected chi connectivity index (χ1v) is 18.2. The number of aryl methyl sites for hydroxylation is 2. The van der Waals surface area contributed by atoms with E-state index in [1.54, 1.807) is 0 Å². The molecule has 0 radical (unpaired) electrons. The van der Waals surface area contributed by atoms with Crippen molar-refractivity contribution in [3.05, 3.63) is 137 Å². The first-order valence-electron chi connectivity index (χ1n) is 18.2. The first kappa shape index (κ1) is 32.8. The van der Waals surface area contributed by atoms with Crippen LogP contribution in [0.3, 0.4) is 0 Å². The molecule has 0 N–H and O–H groups in total. The minimum atomic E-state index is 0.0427. The Morgan fingerprint density at radius 1 is 0.553 bits per heavy atom. The lowest BCUT2D eigenvalue weighted by Crippen LogP contribution is -2.21. The molecule has 0 amide bonds. The van der Waals surface area contributed by atoms with Crippen molar-refractivity contribution in [3.8, 4) is 22.3 Å². The molecule has 5 aromatic carbocycles. The Hall–Kier alpha value is -4.10. The van der Waals surface area contributed by atoms with Gasteiger partial charge in [0.15, 0.2) is 0 Å². The predicted molar refractivity (Wildman–Crippen MR) is 205 cm³/mol. The predicted octanol–water partition coefficient (Wildman–Crippen LogP) is 14.0. The van der Waals surface area contributed by atoms with Crippen molar-refractivity contribution in [2.45, 2.75) is 104 Å². The number of hydrogen-bond acceptors (Lipinski definition) is 1. The summed E-state index contributed by atoms with van der Waals surface area (Å²) in [4.78, 5) is 2.38. The maximum Gasteiger partial charge on any atom is 0.0462 e. The second kappa shape index (κ2) is 14.3. The fourth-order valence-corrected chi connectivity index (χ4v) is 7.57. The third-order valence-electron chi connectivity index (χ3n) is 10.8. The van der Waals surface area contributed by atoms with Gasteiger partial charge in [-0.3, -0.25) is 0 Å². The van der Waals surface area contributed by atoms with E-state index >= 15 is 0 Å². The number of hydrogen-bond donors (Lipinski definition) is 0. The number of fused-ring (bicyclic) bond motifs is 3. The molecule has 6 rings (SSSR count). The molecule has 1 heteroatoms.